The average molecular weight is 350 g/mol. The minimum Gasteiger partial charge on any atom is -0.469 e. The van der Waals surface area contributed by atoms with Crippen molar-refractivity contribution in [3.05, 3.63) is 58.5 Å². The van der Waals surface area contributed by atoms with Gasteiger partial charge in [0.2, 0.25) is 0 Å². The molecule has 0 amide bonds. The number of hydrogen-bond donors (Lipinski definition) is 1. The summed E-state index contributed by atoms with van der Waals surface area (Å²) in [7, 11) is 3.83. The lowest BCUT2D eigenvalue weighted by atomic mass is 10.2. The molecule has 0 unspecified atom stereocenters. The van der Waals surface area contributed by atoms with Crippen LogP contribution in [-0.2, 0) is 13.0 Å². The third-order valence-corrected chi connectivity index (χ3v) is 3.95. The standard InChI is InChI=1S/C16H20BrN3O/c1-18-16(19-10-9-14-7-5-11-21-14)20(2)12-13-6-3-4-8-15(13)17/h3-8,11H,9-10,12H2,1-2H3,(H,18,19). The third-order valence-electron chi connectivity index (χ3n) is 3.17. The van der Waals surface area contributed by atoms with Crippen molar-refractivity contribution < 1.29 is 4.42 Å². The van der Waals surface area contributed by atoms with Gasteiger partial charge in [0.1, 0.15) is 5.76 Å². The number of nitrogens with one attached hydrogen (secondary N) is 1. The van der Waals surface area contributed by atoms with Crippen LogP contribution in [0.4, 0.5) is 0 Å². The highest BCUT2D eigenvalue weighted by Crippen LogP contribution is 2.17. The molecule has 0 fully saturated rings. The number of furan rings is 1. The normalized spacial score (nSPS) is 11.5. The van der Waals surface area contributed by atoms with Crippen molar-refractivity contribution in [1.82, 2.24) is 10.2 Å². The zero-order valence-corrected chi connectivity index (χ0v) is 13.9. The molecule has 21 heavy (non-hydrogen) atoms. The molecule has 0 aliphatic heterocycles. The highest BCUT2D eigenvalue weighted by atomic mass is 79.9. The summed E-state index contributed by atoms with van der Waals surface area (Å²) in [5.74, 6) is 1.85. The van der Waals surface area contributed by atoms with Crippen molar-refractivity contribution in [1.29, 1.82) is 0 Å². The fourth-order valence-corrected chi connectivity index (χ4v) is 2.50. The van der Waals surface area contributed by atoms with Crippen LogP contribution in [0.1, 0.15) is 11.3 Å². The second-order valence-electron chi connectivity index (χ2n) is 4.75. The maximum Gasteiger partial charge on any atom is 0.193 e. The topological polar surface area (TPSA) is 40.8 Å². The zero-order valence-electron chi connectivity index (χ0n) is 12.3. The summed E-state index contributed by atoms with van der Waals surface area (Å²) >= 11 is 3.58. The fraction of sp³-hybridized carbons (Fsp3) is 0.312. The van der Waals surface area contributed by atoms with Crippen LogP contribution in [0.5, 0.6) is 0 Å². The summed E-state index contributed by atoms with van der Waals surface area (Å²) in [6, 6.07) is 12.1. The van der Waals surface area contributed by atoms with Crippen molar-refractivity contribution in [3.8, 4) is 0 Å². The summed E-state index contributed by atoms with van der Waals surface area (Å²) in [4.78, 5) is 6.42. The van der Waals surface area contributed by atoms with E-state index in [9.17, 15) is 0 Å². The minimum absolute atomic E-state index is 0.792. The van der Waals surface area contributed by atoms with Crippen molar-refractivity contribution >= 4 is 21.9 Å². The van der Waals surface area contributed by atoms with Gasteiger partial charge in [-0.15, -0.1) is 0 Å². The third kappa shape index (κ3) is 4.63. The van der Waals surface area contributed by atoms with E-state index in [0.717, 1.165) is 35.7 Å². The van der Waals surface area contributed by atoms with E-state index in [4.69, 9.17) is 4.42 Å². The molecule has 0 atom stereocenters. The molecule has 0 saturated heterocycles. The molecule has 1 heterocycles. The lowest BCUT2D eigenvalue weighted by molar-refractivity contribution is 0.469. The molecule has 1 aromatic carbocycles. The molecule has 0 radical (unpaired) electrons. The summed E-state index contributed by atoms with van der Waals surface area (Å²) < 4.78 is 6.43. The summed E-state index contributed by atoms with van der Waals surface area (Å²) in [5, 5.41) is 3.35. The molecule has 0 aliphatic rings. The predicted octanol–water partition coefficient (Wildman–Crippen LogP) is 3.29. The van der Waals surface area contributed by atoms with E-state index >= 15 is 0 Å². The Balaban J connectivity index is 1.87. The number of rotatable bonds is 5. The summed E-state index contributed by atoms with van der Waals surface area (Å²) in [5.41, 5.74) is 1.23. The zero-order chi connectivity index (χ0) is 15.1. The first-order valence-electron chi connectivity index (χ1n) is 6.88. The molecule has 5 heteroatoms. The maximum atomic E-state index is 5.32. The van der Waals surface area contributed by atoms with Gasteiger partial charge < -0.3 is 14.6 Å². The van der Waals surface area contributed by atoms with Gasteiger partial charge in [0.25, 0.3) is 0 Å². The van der Waals surface area contributed by atoms with Gasteiger partial charge in [-0.05, 0) is 23.8 Å². The quantitative estimate of drug-likeness (QED) is 0.665. The van der Waals surface area contributed by atoms with Crippen LogP contribution < -0.4 is 5.32 Å². The van der Waals surface area contributed by atoms with Crippen LogP contribution in [0.15, 0.2) is 56.5 Å². The van der Waals surface area contributed by atoms with Gasteiger partial charge >= 0.3 is 0 Å². The minimum atomic E-state index is 0.792. The Kier molecular flexibility index (Phi) is 5.87. The molecule has 112 valence electrons. The predicted molar refractivity (Wildman–Crippen MR) is 89.4 cm³/mol. The molecule has 1 N–H and O–H groups in total. The van der Waals surface area contributed by atoms with Crippen molar-refractivity contribution in [3.63, 3.8) is 0 Å². The largest absolute Gasteiger partial charge is 0.469 e. The first-order valence-corrected chi connectivity index (χ1v) is 7.67. The van der Waals surface area contributed by atoms with E-state index < -0.39 is 0 Å². The fourth-order valence-electron chi connectivity index (χ4n) is 2.09. The molecule has 1 aromatic heterocycles. The van der Waals surface area contributed by atoms with E-state index in [-0.39, 0.29) is 0 Å². The van der Waals surface area contributed by atoms with Crippen LogP contribution in [0.25, 0.3) is 0 Å². The summed E-state index contributed by atoms with van der Waals surface area (Å²) in [6.07, 6.45) is 2.54. The van der Waals surface area contributed by atoms with Crippen LogP contribution >= 0.6 is 15.9 Å². The molecular formula is C16H20BrN3O. The van der Waals surface area contributed by atoms with Crippen molar-refractivity contribution in [2.45, 2.75) is 13.0 Å². The monoisotopic (exact) mass is 349 g/mol. The molecule has 0 saturated carbocycles. The Bertz CT molecular complexity index is 581. The second kappa shape index (κ2) is 7.88. The number of halogens is 1. The van der Waals surface area contributed by atoms with Crippen LogP contribution in [0, 0.1) is 0 Å². The van der Waals surface area contributed by atoms with E-state index in [0.29, 0.717) is 0 Å². The molecule has 4 nitrogen and oxygen atoms in total. The lowest BCUT2D eigenvalue weighted by Crippen LogP contribution is -2.39. The SMILES string of the molecule is CN=C(NCCc1ccco1)N(C)Cc1ccccc1Br. The van der Waals surface area contributed by atoms with E-state index in [1.165, 1.54) is 5.56 Å². The van der Waals surface area contributed by atoms with Crippen LogP contribution in [0.3, 0.4) is 0 Å². The Hall–Kier alpha value is -1.75. The van der Waals surface area contributed by atoms with Crippen LogP contribution in [-0.4, -0.2) is 31.5 Å². The first-order chi connectivity index (χ1) is 10.2. The van der Waals surface area contributed by atoms with Crippen LogP contribution in [0.2, 0.25) is 0 Å². The molecular weight excluding hydrogens is 330 g/mol. The molecule has 2 aromatic rings. The highest BCUT2D eigenvalue weighted by Gasteiger charge is 2.08. The van der Waals surface area contributed by atoms with Gasteiger partial charge in [-0.25, -0.2) is 0 Å². The molecule has 0 spiro atoms. The molecule has 0 aliphatic carbocycles. The lowest BCUT2D eigenvalue weighted by Gasteiger charge is -2.22. The maximum absolute atomic E-state index is 5.32. The molecule has 2 rings (SSSR count). The van der Waals surface area contributed by atoms with E-state index in [1.54, 1.807) is 13.3 Å². The van der Waals surface area contributed by atoms with Gasteiger partial charge in [0.05, 0.1) is 6.26 Å². The number of benzene rings is 1. The number of nitrogens with zero attached hydrogens (tertiary/aromatic N) is 2. The average Bonchev–Trinajstić information content (AvgIpc) is 2.99. The second-order valence-corrected chi connectivity index (χ2v) is 5.61. The Morgan fingerprint density at radius 2 is 2.10 bits per heavy atom. The van der Waals surface area contributed by atoms with Crippen molar-refractivity contribution in [2.24, 2.45) is 4.99 Å². The number of hydrogen-bond acceptors (Lipinski definition) is 2. The van der Waals surface area contributed by atoms with Gasteiger partial charge in [0, 0.05) is 38.1 Å². The number of guanidine groups is 1. The van der Waals surface area contributed by atoms with E-state index in [2.05, 4.69) is 43.3 Å². The smallest absolute Gasteiger partial charge is 0.193 e. The van der Waals surface area contributed by atoms with Gasteiger partial charge in [-0.1, -0.05) is 34.1 Å². The first kappa shape index (κ1) is 15.6. The Labute approximate surface area is 134 Å². The van der Waals surface area contributed by atoms with Gasteiger partial charge in [-0.2, -0.15) is 0 Å². The van der Waals surface area contributed by atoms with E-state index in [1.807, 2.05) is 31.3 Å². The Morgan fingerprint density at radius 1 is 1.29 bits per heavy atom. The highest BCUT2D eigenvalue weighted by molar-refractivity contribution is 9.10. The van der Waals surface area contributed by atoms with Gasteiger partial charge in [-0.3, -0.25) is 4.99 Å². The molecule has 0 bridgehead atoms. The van der Waals surface area contributed by atoms with Gasteiger partial charge in [0.15, 0.2) is 5.96 Å². The summed E-state index contributed by atoms with van der Waals surface area (Å²) in [6.45, 7) is 1.59. The van der Waals surface area contributed by atoms with Crippen molar-refractivity contribution in [2.75, 3.05) is 20.6 Å². The Morgan fingerprint density at radius 3 is 2.76 bits per heavy atom. The number of aliphatic imine (C=N–C) groups is 1.